The van der Waals surface area contributed by atoms with Gasteiger partial charge in [0, 0.05) is 5.02 Å². The normalized spacial score (nSPS) is 10.6. The van der Waals surface area contributed by atoms with Gasteiger partial charge in [-0.3, -0.25) is 4.79 Å². The zero-order chi connectivity index (χ0) is 19.5. The molecule has 10 heteroatoms. The third-order valence-electron chi connectivity index (χ3n) is 3.77. The van der Waals surface area contributed by atoms with E-state index >= 15 is 0 Å². The summed E-state index contributed by atoms with van der Waals surface area (Å²) in [5.41, 5.74) is 1.56. The first kappa shape index (κ1) is 17.7. The summed E-state index contributed by atoms with van der Waals surface area (Å²) in [6, 6.07) is 14.1. The van der Waals surface area contributed by atoms with Crippen molar-refractivity contribution in [3.63, 3.8) is 0 Å². The molecule has 0 aliphatic heterocycles. The molecule has 0 saturated heterocycles. The van der Waals surface area contributed by atoms with Gasteiger partial charge in [-0.1, -0.05) is 40.2 Å². The van der Waals surface area contributed by atoms with Crippen LogP contribution in [0.25, 0.3) is 17.2 Å². The summed E-state index contributed by atoms with van der Waals surface area (Å²) in [5, 5.41) is 15.1. The molecule has 2 heterocycles. The number of rotatable bonds is 5. The molecule has 0 spiro atoms. The predicted molar refractivity (Wildman–Crippen MR) is 101 cm³/mol. The number of nitrogens with zero attached hydrogens (tertiary/aromatic N) is 5. The van der Waals surface area contributed by atoms with E-state index in [1.807, 2.05) is 6.07 Å². The average Bonchev–Trinajstić information content (AvgIpc) is 3.38. The maximum Gasteiger partial charge on any atom is 0.316 e. The van der Waals surface area contributed by atoms with Crippen LogP contribution < -0.4 is 10.1 Å². The number of ether oxygens (including phenoxy) is 1. The summed E-state index contributed by atoms with van der Waals surface area (Å²) in [6.45, 7) is 0. The fourth-order valence-electron chi connectivity index (χ4n) is 2.45. The molecule has 2 aromatic heterocycles. The highest BCUT2D eigenvalue weighted by atomic mass is 35.5. The summed E-state index contributed by atoms with van der Waals surface area (Å²) in [6.07, 6.45) is 1.61. The lowest BCUT2D eigenvalue weighted by Crippen LogP contribution is -2.13. The van der Waals surface area contributed by atoms with Crippen molar-refractivity contribution >= 4 is 23.2 Å². The third kappa shape index (κ3) is 3.55. The van der Waals surface area contributed by atoms with Crippen molar-refractivity contribution in [2.24, 2.45) is 0 Å². The van der Waals surface area contributed by atoms with E-state index in [-0.39, 0.29) is 11.7 Å². The summed E-state index contributed by atoms with van der Waals surface area (Å²) >= 11 is 5.99. The van der Waals surface area contributed by atoms with Gasteiger partial charge in [-0.15, -0.1) is 5.10 Å². The highest BCUT2D eigenvalue weighted by Gasteiger charge is 2.19. The molecule has 0 saturated carbocycles. The van der Waals surface area contributed by atoms with Gasteiger partial charge in [0.05, 0.1) is 24.7 Å². The smallest absolute Gasteiger partial charge is 0.316 e. The molecular formula is C18H13ClN6O3. The van der Waals surface area contributed by atoms with Crippen molar-refractivity contribution in [3.8, 4) is 23.0 Å². The molecule has 28 heavy (non-hydrogen) atoms. The Labute approximate surface area is 163 Å². The van der Waals surface area contributed by atoms with Gasteiger partial charge in [-0.25, -0.2) is 4.68 Å². The molecule has 140 valence electrons. The third-order valence-corrected chi connectivity index (χ3v) is 4.01. The summed E-state index contributed by atoms with van der Waals surface area (Å²) < 4.78 is 11.8. The van der Waals surface area contributed by atoms with Gasteiger partial charge in [0.1, 0.15) is 5.75 Å². The molecule has 0 atom stereocenters. The molecule has 0 bridgehead atoms. The molecule has 2 aromatic carbocycles. The van der Waals surface area contributed by atoms with E-state index in [1.165, 1.54) is 11.8 Å². The Morgan fingerprint density at radius 3 is 2.89 bits per heavy atom. The Morgan fingerprint density at radius 2 is 2.07 bits per heavy atom. The number of carbonyl (C=O) groups excluding carboxylic acids is 1. The zero-order valence-corrected chi connectivity index (χ0v) is 15.3. The van der Waals surface area contributed by atoms with Gasteiger partial charge in [0.25, 0.3) is 0 Å². The average molecular weight is 397 g/mol. The molecule has 9 nitrogen and oxygen atoms in total. The van der Waals surface area contributed by atoms with Crippen LogP contribution in [0.3, 0.4) is 0 Å². The minimum atomic E-state index is -0.564. The molecule has 1 N–H and O–H groups in total. The molecule has 4 aromatic rings. The van der Waals surface area contributed by atoms with Crippen LogP contribution in [-0.2, 0) is 0 Å². The Bertz CT molecular complexity index is 1140. The van der Waals surface area contributed by atoms with Gasteiger partial charge in [0.2, 0.25) is 5.82 Å². The quantitative estimate of drug-likeness (QED) is 0.551. The van der Waals surface area contributed by atoms with Gasteiger partial charge in [-0.2, -0.15) is 4.98 Å². The number of nitrogens with one attached hydrogen (secondary N) is 1. The second-order valence-electron chi connectivity index (χ2n) is 5.61. The van der Waals surface area contributed by atoms with Gasteiger partial charge >= 0.3 is 11.8 Å². The van der Waals surface area contributed by atoms with Crippen LogP contribution >= 0.6 is 11.6 Å². The highest BCUT2D eigenvalue weighted by molar-refractivity contribution is 6.30. The van der Waals surface area contributed by atoms with Crippen LogP contribution in [0, 0.1) is 0 Å². The molecular weight excluding hydrogens is 384 g/mol. The SMILES string of the molecule is COc1ccccc1NC(=O)c1nc(-c2cn(-c3cccc(Cl)c3)nn2)no1. The Hall–Kier alpha value is -3.72. The highest BCUT2D eigenvalue weighted by Crippen LogP contribution is 2.24. The van der Waals surface area contributed by atoms with E-state index in [1.54, 1.807) is 48.7 Å². The standard InChI is InChI=1S/C18H13ClN6O3/c1-27-15-8-3-2-7-13(15)20-17(26)18-21-16(23-28-18)14-10-25(24-22-14)12-6-4-5-11(19)9-12/h2-10H,1H3,(H,20,26). The van der Waals surface area contributed by atoms with Crippen LogP contribution in [0.15, 0.2) is 59.3 Å². The maximum atomic E-state index is 12.4. The lowest BCUT2D eigenvalue weighted by atomic mass is 10.3. The first-order valence-electron chi connectivity index (χ1n) is 8.11. The topological polar surface area (TPSA) is 108 Å². The largest absolute Gasteiger partial charge is 0.495 e. The van der Waals surface area contributed by atoms with Crippen molar-refractivity contribution in [2.45, 2.75) is 0 Å². The van der Waals surface area contributed by atoms with Crippen molar-refractivity contribution in [2.75, 3.05) is 12.4 Å². The minimum absolute atomic E-state index is 0.137. The lowest BCUT2D eigenvalue weighted by molar-refractivity contribution is 0.0981. The number of aromatic nitrogens is 5. The Balaban J connectivity index is 1.54. The molecule has 0 aliphatic carbocycles. The number of methoxy groups -OCH3 is 1. The van der Waals surface area contributed by atoms with E-state index in [4.69, 9.17) is 20.9 Å². The molecule has 0 fully saturated rings. The lowest BCUT2D eigenvalue weighted by Gasteiger charge is -2.07. The summed E-state index contributed by atoms with van der Waals surface area (Å²) in [5.74, 6) is -0.123. The molecule has 0 aliphatic rings. The second kappa shape index (κ2) is 7.49. The maximum absolute atomic E-state index is 12.4. The summed E-state index contributed by atoms with van der Waals surface area (Å²) in [4.78, 5) is 16.5. The number of hydrogen-bond donors (Lipinski definition) is 1. The van der Waals surface area contributed by atoms with Crippen LogP contribution in [-0.4, -0.2) is 38.2 Å². The van der Waals surface area contributed by atoms with E-state index in [0.717, 1.165) is 5.69 Å². The number of amides is 1. The first-order chi connectivity index (χ1) is 13.6. The fourth-order valence-corrected chi connectivity index (χ4v) is 2.64. The second-order valence-corrected chi connectivity index (χ2v) is 6.04. The fraction of sp³-hybridized carbons (Fsp3) is 0.0556. The Morgan fingerprint density at radius 1 is 1.21 bits per heavy atom. The van der Waals surface area contributed by atoms with E-state index in [0.29, 0.717) is 22.2 Å². The van der Waals surface area contributed by atoms with Crippen LogP contribution in [0.5, 0.6) is 5.75 Å². The van der Waals surface area contributed by atoms with E-state index in [9.17, 15) is 4.79 Å². The predicted octanol–water partition coefficient (Wildman–Crippen LogP) is 3.23. The van der Waals surface area contributed by atoms with Gasteiger partial charge < -0.3 is 14.6 Å². The molecule has 0 radical (unpaired) electrons. The summed E-state index contributed by atoms with van der Waals surface area (Å²) in [7, 11) is 1.51. The number of halogens is 1. The van der Waals surface area contributed by atoms with Crippen molar-refractivity contribution in [3.05, 3.63) is 65.6 Å². The van der Waals surface area contributed by atoms with E-state index < -0.39 is 5.91 Å². The van der Waals surface area contributed by atoms with Crippen molar-refractivity contribution in [1.82, 2.24) is 25.1 Å². The number of para-hydroxylation sites is 2. The van der Waals surface area contributed by atoms with Crippen LogP contribution in [0.2, 0.25) is 5.02 Å². The molecule has 1 amide bonds. The number of hydrogen-bond acceptors (Lipinski definition) is 7. The Kier molecular flexibility index (Phi) is 4.73. The van der Waals surface area contributed by atoms with Crippen LogP contribution in [0.4, 0.5) is 5.69 Å². The van der Waals surface area contributed by atoms with E-state index in [2.05, 4.69) is 25.8 Å². The minimum Gasteiger partial charge on any atom is -0.495 e. The number of carbonyl (C=O) groups is 1. The van der Waals surface area contributed by atoms with Crippen molar-refractivity contribution < 1.29 is 14.1 Å². The van der Waals surface area contributed by atoms with Crippen LogP contribution in [0.1, 0.15) is 10.7 Å². The number of benzene rings is 2. The first-order valence-corrected chi connectivity index (χ1v) is 8.48. The monoisotopic (exact) mass is 396 g/mol. The van der Waals surface area contributed by atoms with Gasteiger partial charge in [-0.05, 0) is 30.3 Å². The zero-order valence-electron chi connectivity index (χ0n) is 14.5. The van der Waals surface area contributed by atoms with Gasteiger partial charge in [0.15, 0.2) is 5.69 Å². The number of anilines is 1. The molecule has 4 rings (SSSR count). The molecule has 0 unspecified atom stereocenters. The van der Waals surface area contributed by atoms with Crippen molar-refractivity contribution in [1.29, 1.82) is 0 Å².